The molecule has 0 fully saturated rings. The van der Waals surface area contributed by atoms with Crippen LogP contribution in [0.4, 0.5) is 10.1 Å². The van der Waals surface area contributed by atoms with Gasteiger partial charge < -0.3 is 14.8 Å². The second-order valence-corrected chi connectivity index (χ2v) is 8.61. The second-order valence-electron chi connectivity index (χ2n) is 7.26. The van der Waals surface area contributed by atoms with Crippen LogP contribution in [-0.2, 0) is 4.79 Å². The second kappa shape index (κ2) is 11.2. The van der Waals surface area contributed by atoms with E-state index >= 15 is 0 Å². The van der Waals surface area contributed by atoms with Crippen LogP contribution in [0.25, 0.3) is 17.1 Å². The monoisotopic (exact) mass is 512 g/mol. The molecule has 10 heteroatoms. The Bertz CT molecular complexity index is 1310. The van der Waals surface area contributed by atoms with Gasteiger partial charge in [0.1, 0.15) is 17.3 Å². The minimum atomic E-state index is -0.548. The standard InChI is InChI=1S/C25H22ClFN4O3S/c1-3-34-20-11-7-18(8-12-20)31-24(16-4-9-19(33-2)10-5-16)29-30-25(31)35-15-23(32)28-17-6-13-22(27)21(26)14-17/h4-14H,3,15H2,1-2H3,(H,28,32). The summed E-state index contributed by atoms with van der Waals surface area (Å²) >= 11 is 7.03. The van der Waals surface area contributed by atoms with Crippen LogP contribution in [0.15, 0.2) is 71.9 Å². The number of benzene rings is 3. The molecule has 0 bridgehead atoms. The lowest BCUT2D eigenvalue weighted by molar-refractivity contribution is -0.113. The SMILES string of the molecule is CCOc1ccc(-n2c(SCC(=O)Nc3ccc(F)c(Cl)c3)nnc2-c2ccc(OC)cc2)cc1. The van der Waals surface area contributed by atoms with Gasteiger partial charge in [-0.3, -0.25) is 9.36 Å². The summed E-state index contributed by atoms with van der Waals surface area (Å²) in [5.74, 6) is 1.32. The normalized spacial score (nSPS) is 10.7. The maximum absolute atomic E-state index is 13.4. The zero-order valence-electron chi connectivity index (χ0n) is 19.0. The highest BCUT2D eigenvalue weighted by molar-refractivity contribution is 7.99. The topological polar surface area (TPSA) is 78.3 Å². The van der Waals surface area contributed by atoms with E-state index in [0.717, 1.165) is 22.7 Å². The van der Waals surface area contributed by atoms with Crippen molar-refractivity contribution in [1.82, 2.24) is 14.8 Å². The van der Waals surface area contributed by atoms with Gasteiger partial charge in [-0.2, -0.15) is 0 Å². The molecular formula is C25H22ClFN4O3S. The maximum Gasteiger partial charge on any atom is 0.234 e. The van der Waals surface area contributed by atoms with Gasteiger partial charge in [-0.25, -0.2) is 4.39 Å². The summed E-state index contributed by atoms with van der Waals surface area (Å²) in [6.45, 7) is 2.49. The van der Waals surface area contributed by atoms with Gasteiger partial charge in [0.05, 0.1) is 24.5 Å². The number of carbonyl (C=O) groups excluding carboxylic acids is 1. The molecule has 0 spiro atoms. The molecule has 3 aromatic carbocycles. The van der Waals surface area contributed by atoms with Crippen LogP contribution in [0, 0.1) is 5.82 Å². The van der Waals surface area contributed by atoms with E-state index in [4.69, 9.17) is 21.1 Å². The summed E-state index contributed by atoms with van der Waals surface area (Å²) in [6, 6.07) is 19.1. The lowest BCUT2D eigenvalue weighted by Gasteiger charge is -2.12. The third-order valence-corrected chi connectivity index (χ3v) is 6.14. The Morgan fingerprint density at radius 1 is 1.06 bits per heavy atom. The van der Waals surface area contributed by atoms with Crippen molar-refractivity contribution in [3.8, 4) is 28.6 Å². The molecule has 1 heterocycles. The minimum Gasteiger partial charge on any atom is -0.497 e. The molecule has 0 aliphatic rings. The van der Waals surface area contributed by atoms with Crippen molar-refractivity contribution in [2.75, 3.05) is 24.8 Å². The lowest BCUT2D eigenvalue weighted by atomic mass is 10.2. The first-order valence-electron chi connectivity index (χ1n) is 10.7. The number of hydrogen-bond acceptors (Lipinski definition) is 6. The van der Waals surface area contributed by atoms with Crippen LogP contribution >= 0.6 is 23.4 Å². The van der Waals surface area contributed by atoms with E-state index in [1.807, 2.05) is 60.0 Å². The Kier molecular flexibility index (Phi) is 7.89. The molecule has 7 nitrogen and oxygen atoms in total. The Balaban J connectivity index is 1.59. The lowest BCUT2D eigenvalue weighted by Crippen LogP contribution is -2.14. The first-order valence-corrected chi connectivity index (χ1v) is 12.1. The van der Waals surface area contributed by atoms with Crippen molar-refractivity contribution < 1.29 is 18.7 Å². The van der Waals surface area contributed by atoms with Crippen molar-refractivity contribution in [2.45, 2.75) is 12.1 Å². The molecule has 0 radical (unpaired) electrons. The maximum atomic E-state index is 13.4. The molecule has 0 saturated heterocycles. The van der Waals surface area contributed by atoms with Gasteiger partial charge in [0.25, 0.3) is 0 Å². The number of nitrogens with zero attached hydrogens (tertiary/aromatic N) is 3. The Morgan fingerprint density at radius 3 is 2.43 bits per heavy atom. The van der Waals surface area contributed by atoms with Crippen molar-refractivity contribution in [1.29, 1.82) is 0 Å². The number of carbonyl (C=O) groups is 1. The fourth-order valence-electron chi connectivity index (χ4n) is 3.28. The zero-order chi connectivity index (χ0) is 24.8. The highest BCUT2D eigenvalue weighted by atomic mass is 35.5. The van der Waals surface area contributed by atoms with Gasteiger partial charge in [-0.1, -0.05) is 23.4 Å². The van der Waals surface area contributed by atoms with E-state index in [-0.39, 0.29) is 16.7 Å². The zero-order valence-corrected chi connectivity index (χ0v) is 20.6. The molecule has 35 heavy (non-hydrogen) atoms. The van der Waals surface area contributed by atoms with Gasteiger partial charge in [0.2, 0.25) is 5.91 Å². The number of nitrogens with one attached hydrogen (secondary N) is 1. The number of amides is 1. The van der Waals surface area contributed by atoms with Crippen LogP contribution in [0.1, 0.15) is 6.92 Å². The molecule has 1 N–H and O–H groups in total. The largest absolute Gasteiger partial charge is 0.497 e. The van der Waals surface area contributed by atoms with E-state index in [1.165, 1.54) is 30.0 Å². The van der Waals surface area contributed by atoms with Crippen LogP contribution in [-0.4, -0.2) is 40.1 Å². The predicted octanol–water partition coefficient (Wildman–Crippen LogP) is 5.86. The number of hydrogen-bond donors (Lipinski definition) is 1. The first-order chi connectivity index (χ1) is 17.0. The molecular weight excluding hydrogens is 491 g/mol. The molecule has 1 amide bonds. The van der Waals surface area contributed by atoms with E-state index in [2.05, 4.69) is 15.5 Å². The number of ether oxygens (including phenoxy) is 2. The molecule has 0 aliphatic heterocycles. The quantitative estimate of drug-likeness (QED) is 0.283. The smallest absolute Gasteiger partial charge is 0.234 e. The van der Waals surface area contributed by atoms with Gasteiger partial charge in [0.15, 0.2) is 11.0 Å². The number of methoxy groups -OCH3 is 1. The predicted molar refractivity (Wildman–Crippen MR) is 135 cm³/mol. The summed E-state index contributed by atoms with van der Waals surface area (Å²) < 4.78 is 26.1. The van der Waals surface area contributed by atoms with Crippen molar-refractivity contribution in [3.63, 3.8) is 0 Å². The van der Waals surface area contributed by atoms with Crippen LogP contribution < -0.4 is 14.8 Å². The number of halogens is 2. The van der Waals surface area contributed by atoms with Crippen molar-refractivity contribution >= 4 is 35.0 Å². The fraction of sp³-hybridized carbons (Fsp3) is 0.160. The van der Waals surface area contributed by atoms with Gasteiger partial charge in [0, 0.05) is 16.9 Å². The van der Waals surface area contributed by atoms with Crippen LogP contribution in [0.3, 0.4) is 0 Å². The summed E-state index contributed by atoms with van der Waals surface area (Å²) in [6.07, 6.45) is 0. The number of rotatable bonds is 9. The third kappa shape index (κ3) is 5.93. The Hall–Kier alpha value is -3.56. The van der Waals surface area contributed by atoms with Gasteiger partial charge in [-0.15, -0.1) is 10.2 Å². The molecule has 4 aromatic rings. The average Bonchev–Trinajstić information content (AvgIpc) is 3.30. The summed E-state index contributed by atoms with van der Waals surface area (Å²) in [5.41, 5.74) is 2.07. The first kappa shape index (κ1) is 24.6. The highest BCUT2D eigenvalue weighted by Gasteiger charge is 2.18. The van der Waals surface area contributed by atoms with Gasteiger partial charge >= 0.3 is 0 Å². The third-order valence-electron chi connectivity index (χ3n) is 4.92. The van der Waals surface area contributed by atoms with E-state index in [1.54, 1.807) is 7.11 Å². The van der Waals surface area contributed by atoms with E-state index in [9.17, 15) is 9.18 Å². The summed E-state index contributed by atoms with van der Waals surface area (Å²) in [4.78, 5) is 12.5. The highest BCUT2D eigenvalue weighted by Crippen LogP contribution is 2.30. The molecule has 0 unspecified atom stereocenters. The van der Waals surface area contributed by atoms with Crippen molar-refractivity contribution in [3.05, 3.63) is 77.6 Å². The number of thioether (sulfide) groups is 1. The summed E-state index contributed by atoms with van der Waals surface area (Å²) in [5, 5.41) is 11.9. The Morgan fingerprint density at radius 2 is 1.77 bits per heavy atom. The van der Waals surface area contributed by atoms with E-state index in [0.29, 0.717) is 23.3 Å². The fourth-order valence-corrected chi connectivity index (χ4v) is 4.21. The molecule has 0 saturated carbocycles. The molecule has 180 valence electrons. The number of anilines is 1. The summed E-state index contributed by atoms with van der Waals surface area (Å²) in [7, 11) is 1.61. The molecule has 4 rings (SSSR count). The van der Waals surface area contributed by atoms with Crippen LogP contribution in [0.2, 0.25) is 5.02 Å². The van der Waals surface area contributed by atoms with Crippen LogP contribution in [0.5, 0.6) is 11.5 Å². The van der Waals surface area contributed by atoms with Crippen molar-refractivity contribution in [2.24, 2.45) is 0 Å². The van der Waals surface area contributed by atoms with Gasteiger partial charge in [-0.05, 0) is 73.7 Å². The Labute approximate surface area is 211 Å². The molecule has 0 atom stereocenters. The minimum absolute atomic E-state index is 0.0603. The molecule has 0 aliphatic carbocycles. The molecule has 1 aromatic heterocycles. The van der Waals surface area contributed by atoms with E-state index < -0.39 is 5.82 Å². The number of aromatic nitrogens is 3. The average molecular weight is 513 g/mol.